The number of imide groups is 1. The van der Waals surface area contributed by atoms with Gasteiger partial charge in [-0.1, -0.05) is 18.5 Å². The van der Waals surface area contributed by atoms with E-state index in [4.69, 9.17) is 9.26 Å². The molecule has 1 aliphatic rings. The number of nitrogens with zero attached hydrogens (tertiary/aromatic N) is 2. The molecule has 3 amide bonds. The van der Waals surface area contributed by atoms with Crippen molar-refractivity contribution in [3.63, 3.8) is 0 Å². The molecular formula is C18H20F3N3O4. The zero-order chi connectivity index (χ0) is 20.3. The van der Waals surface area contributed by atoms with Crippen LogP contribution in [-0.2, 0) is 17.4 Å². The van der Waals surface area contributed by atoms with Gasteiger partial charge in [-0.05, 0) is 31.4 Å². The monoisotopic (exact) mass is 399 g/mol. The second-order valence-corrected chi connectivity index (χ2v) is 6.53. The fourth-order valence-corrected chi connectivity index (χ4v) is 3.12. The maximum Gasteiger partial charge on any atom is 0.437 e. The second-order valence-electron chi connectivity index (χ2n) is 6.53. The van der Waals surface area contributed by atoms with Crippen molar-refractivity contribution >= 4 is 22.9 Å². The molecule has 1 aromatic heterocycles. The molecule has 152 valence electrons. The minimum Gasteiger partial charge on any atom is -0.493 e. The summed E-state index contributed by atoms with van der Waals surface area (Å²) in [5, 5.41) is 5.32. The van der Waals surface area contributed by atoms with E-state index >= 15 is 0 Å². The largest absolute Gasteiger partial charge is 0.493 e. The third-order valence-electron chi connectivity index (χ3n) is 4.42. The number of fused-ring (bicyclic) bond motifs is 1. The van der Waals surface area contributed by atoms with E-state index in [1.54, 1.807) is 0 Å². The highest BCUT2D eigenvalue weighted by atomic mass is 19.4. The van der Waals surface area contributed by atoms with Crippen LogP contribution in [0.15, 0.2) is 16.7 Å². The quantitative estimate of drug-likeness (QED) is 0.542. The summed E-state index contributed by atoms with van der Waals surface area (Å²) in [5.74, 6) is 0.150. The lowest BCUT2D eigenvalue weighted by atomic mass is 10.0. The smallest absolute Gasteiger partial charge is 0.437 e. The van der Waals surface area contributed by atoms with Gasteiger partial charge >= 0.3 is 12.2 Å². The summed E-state index contributed by atoms with van der Waals surface area (Å²) in [6, 6.07) is 2.42. The number of hydrogen-bond donors (Lipinski definition) is 1. The molecule has 10 heteroatoms. The normalized spacial score (nSPS) is 14.8. The van der Waals surface area contributed by atoms with E-state index in [1.807, 2.05) is 6.92 Å². The van der Waals surface area contributed by atoms with Gasteiger partial charge in [-0.2, -0.15) is 13.2 Å². The minimum atomic E-state index is -4.58. The Hall–Kier alpha value is -2.78. The van der Waals surface area contributed by atoms with Gasteiger partial charge in [0.15, 0.2) is 11.3 Å². The molecule has 2 heterocycles. The van der Waals surface area contributed by atoms with Gasteiger partial charge in [-0.15, -0.1) is 0 Å². The summed E-state index contributed by atoms with van der Waals surface area (Å²) in [6.07, 6.45) is -2.14. The zero-order valence-electron chi connectivity index (χ0n) is 15.3. The molecule has 0 spiro atoms. The maximum absolute atomic E-state index is 13.0. The van der Waals surface area contributed by atoms with Gasteiger partial charge in [0, 0.05) is 12.1 Å². The van der Waals surface area contributed by atoms with Gasteiger partial charge in [-0.25, -0.2) is 4.79 Å². The Balaban J connectivity index is 1.63. The predicted molar refractivity (Wildman–Crippen MR) is 92.8 cm³/mol. The van der Waals surface area contributed by atoms with Crippen LogP contribution < -0.4 is 10.1 Å². The molecule has 2 aromatic rings. The van der Waals surface area contributed by atoms with Crippen molar-refractivity contribution in [3.8, 4) is 5.75 Å². The number of hydrogen-bond acceptors (Lipinski definition) is 5. The van der Waals surface area contributed by atoms with E-state index in [0.29, 0.717) is 50.1 Å². The van der Waals surface area contributed by atoms with Crippen LogP contribution in [0, 0.1) is 0 Å². The number of ether oxygens (including phenoxy) is 1. The van der Waals surface area contributed by atoms with Crippen LogP contribution in [0.1, 0.15) is 37.4 Å². The number of aryl methyl sites for hydroxylation is 1. The molecule has 0 radical (unpaired) electrons. The summed E-state index contributed by atoms with van der Waals surface area (Å²) in [7, 11) is 0. The Labute approximate surface area is 158 Å². The Bertz CT molecular complexity index is 879. The molecule has 7 nitrogen and oxygen atoms in total. The van der Waals surface area contributed by atoms with E-state index in [9.17, 15) is 22.8 Å². The molecular weight excluding hydrogens is 379 g/mol. The maximum atomic E-state index is 13.0. The number of alkyl halides is 3. The highest BCUT2D eigenvalue weighted by Crippen LogP contribution is 2.38. The van der Waals surface area contributed by atoms with Gasteiger partial charge in [0.2, 0.25) is 5.91 Å². The fraction of sp³-hybridized carbons (Fsp3) is 0.500. The first-order valence-corrected chi connectivity index (χ1v) is 9.01. The summed E-state index contributed by atoms with van der Waals surface area (Å²) >= 11 is 0. The fourth-order valence-electron chi connectivity index (χ4n) is 3.12. The van der Waals surface area contributed by atoms with Crippen molar-refractivity contribution in [1.29, 1.82) is 0 Å². The molecule has 1 saturated heterocycles. The molecule has 0 bridgehead atoms. The first-order chi connectivity index (χ1) is 13.3. The molecule has 0 aliphatic carbocycles. The van der Waals surface area contributed by atoms with E-state index in [1.165, 1.54) is 17.0 Å². The molecule has 1 aliphatic heterocycles. The van der Waals surface area contributed by atoms with Crippen LogP contribution in [0.4, 0.5) is 18.0 Å². The van der Waals surface area contributed by atoms with Crippen LogP contribution in [-0.4, -0.2) is 41.7 Å². The van der Waals surface area contributed by atoms with Gasteiger partial charge < -0.3 is 14.2 Å². The van der Waals surface area contributed by atoms with Crippen LogP contribution >= 0.6 is 0 Å². The standard InChI is InChI=1S/C18H20F3N3O4/c1-2-5-11-13(7-6-12-15(11)28-23-16(12)18(19,20)21)27-9-4-3-8-24-10-14(25)22-17(24)26/h6-7H,2-5,8-10H2,1H3,(H,22,25,26). The number of carbonyl (C=O) groups is 2. The van der Waals surface area contributed by atoms with Crippen LogP contribution in [0.2, 0.25) is 0 Å². The van der Waals surface area contributed by atoms with E-state index in [-0.39, 0.29) is 23.4 Å². The number of nitrogens with one attached hydrogen (secondary N) is 1. The lowest BCUT2D eigenvalue weighted by molar-refractivity contribution is -0.141. The van der Waals surface area contributed by atoms with Crippen molar-refractivity contribution in [3.05, 3.63) is 23.4 Å². The molecule has 1 fully saturated rings. The highest BCUT2D eigenvalue weighted by molar-refractivity contribution is 6.01. The van der Waals surface area contributed by atoms with Gasteiger partial charge in [0.05, 0.1) is 12.0 Å². The van der Waals surface area contributed by atoms with Crippen LogP contribution in [0.3, 0.4) is 0 Å². The van der Waals surface area contributed by atoms with E-state index < -0.39 is 17.9 Å². The number of halogens is 3. The number of unbranched alkanes of at least 4 members (excludes halogenated alkanes) is 1. The number of benzene rings is 1. The summed E-state index contributed by atoms with van der Waals surface area (Å²) < 4.78 is 49.8. The average molecular weight is 399 g/mol. The number of rotatable bonds is 8. The Morgan fingerprint density at radius 3 is 2.71 bits per heavy atom. The van der Waals surface area contributed by atoms with Crippen molar-refractivity contribution < 1.29 is 32.0 Å². The molecule has 1 aromatic carbocycles. The van der Waals surface area contributed by atoms with Crippen molar-refractivity contribution in [2.45, 2.75) is 38.8 Å². The molecule has 3 rings (SSSR count). The van der Waals surface area contributed by atoms with Crippen molar-refractivity contribution in [2.75, 3.05) is 19.7 Å². The first kappa shape index (κ1) is 20.0. The van der Waals surface area contributed by atoms with Gasteiger partial charge in [0.1, 0.15) is 12.3 Å². The molecule has 1 N–H and O–H groups in total. The minimum absolute atomic E-state index is 0.0596. The number of carbonyl (C=O) groups excluding carboxylic acids is 2. The van der Waals surface area contributed by atoms with Crippen LogP contribution in [0.25, 0.3) is 11.0 Å². The first-order valence-electron chi connectivity index (χ1n) is 9.01. The van der Waals surface area contributed by atoms with Gasteiger partial charge in [-0.3, -0.25) is 10.1 Å². The Morgan fingerprint density at radius 1 is 1.29 bits per heavy atom. The molecule has 0 unspecified atom stereocenters. The summed E-state index contributed by atoms with van der Waals surface area (Å²) in [4.78, 5) is 24.0. The predicted octanol–water partition coefficient (Wildman–Crippen LogP) is 3.51. The zero-order valence-corrected chi connectivity index (χ0v) is 15.3. The third-order valence-corrected chi connectivity index (χ3v) is 4.42. The van der Waals surface area contributed by atoms with Crippen molar-refractivity contribution in [2.24, 2.45) is 0 Å². The van der Waals surface area contributed by atoms with Gasteiger partial charge in [0.25, 0.3) is 0 Å². The lowest BCUT2D eigenvalue weighted by Crippen LogP contribution is -2.29. The Morgan fingerprint density at radius 2 is 2.07 bits per heavy atom. The topological polar surface area (TPSA) is 84.7 Å². The number of aromatic nitrogens is 1. The summed E-state index contributed by atoms with van der Waals surface area (Å²) in [6.45, 7) is 2.72. The molecule has 28 heavy (non-hydrogen) atoms. The number of urea groups is 1. The highest BCUT2D eigenvalue weighted by Gasteiger charge is 2.37. The van der Waals surface area contributed by atoms with E-state index in [0.717, 1.165) is 0 Å². The lowest BCUT2D eigenvalue weighted by Gasteiger charge is -2.14. The van der Waals surface area contributed by atoms with E-state index in [2.05, 4.69) is 10.5 Å². The SMILES string of the molecule is CCCc1c(OCCCCN2CC(=O)NC2=O)ccc2c(C(F)(F)F)noc12. The second kappa shape index (κ2) is 8.07. The van der Waals surface area contributed by atoms with Crippen molar-refractivity contribution in [1.82, 2.24) is 15.4 Å². The summed E-state index contributed by atoms with van der Waals surface area (Å²) in [5.41, 5.74) is -0.378. The molecule has 0 saturated carbocycles. The Kier molecular flexibility index (Phi) is 5.76. The molecule has 0 atom stereocenters. The average Bonchev–Trinajstić information content (AvgIpc) is 3.19. The third kappa shape index (κ3) is 4.20. The number of amides is 3. The van der Waals surface area contributed by atoms with Crippen LogP contribution in [0.5, 0.6) is 5.75 Å².